The van der Waals surface area contributed by atoms with Crippen molar-refractivity contribution in [3.63, 3.8) is 0 Å². The molecule has 116 valence electrons. The molecule has 23 heavy (non-hydrogen) atoms. The second-order valence-corrected chi connectivity index (χ2v) is 4.94. The highest BCUT2D eigenvalue weighted by Crippen LogP contribution is 2.29. The van der Waals surface area contributed by atoms with Gasteiger partial charge in [-0.15, -0.1) is 10.2 Å². The fraction of sp³-hybridized carbons (Fsp3) is 0.0769. The van der Waals surface area contributed by atoms with E-state index in [1.807, 2.05) is 6.92 Å². The molecule has 0 spiro atoms. The van der Waals surface area contributed by atoms with Crippen LogP contribution in [0.4, 0.5) is 17.1 Å². The van der Waals surface area contributed by atoms with Crippen LogP contribution in [0.15, 0.2) is 30.5 Å². The summed E-state index contributed by atoms with van der Waals surface area (Å²) in [5, 5.41) is 29.9. The number of nitrogens with zero attached hydrogens (tertiary/aromatic N) is 5. The zero-order chi connectivity index (χ0) is 16.7. The predicted octanol–water partition coefficient (Wildman–Crippen LogP) is 2.10. The molecule has 0 fully saturated rings. The maximum Gasteiger partial charge on any atom is 0.277 e. The van der Waals surface area contributed by atoms with Crippen LogP contribution in [0.3, 0.4) is 0 Å². The standard InChI is InChI=1S/C13H10N6O4/c1-7-2-11(14)13-16-15-12(17(13)6-7)8-3-9(18(20)21)5-10(4-8)19(22)23/h2-6H,14H2,1H3. The first-order valence-corrected chi connectivity index (χ1v) is 6.42. The molecule has 0 radical (unpaired) electrons. The predicted molar refractivity (Wildman–Crippen MR) is 80.9 cm³/mol. The Morgan fingerprint density at radius 3 is 2.22 bits per heavy atom. The Kier molecular flexibility index (Phi) is 3.14. The van der Waals surface area contributed by atoms with Crippen molar-refractivity contribution < 1.29 is 9.85 Å². The van der Waals surface area contributed by atoms with Crippen molar-refractivity contribution in [2.45, 2.75) is 6.92 Å². The number of nitro benzene ring substituents is 2. The summed E-state index contributed by atoms with van der Waals surface area (Å²) in [5.41, 5.74) is 6.88. The van der Waals surface area contributed by atoms with E-state index < -0.39 is 21.2 Å². The van der Waals surface area contributed by atoms with Crippen molar-refractivity contribution in [2.24, 2.45) is 0 Å². The van der Waals surface area contributed by atoms with Gasteiger partial charge in [0.2, 0.25) is 0 Å². The van der Waals surface area contributed by atoms with E-state index >= 15 is 0 Å². The number of hydrogen-bond acceptors (Lipinski definition) is 7. The fourth-order valence-corrected chi connectivity index (χ4v) is 2.29. The second kappa shape index (κ2) is 5.02. The SMILES string of the molecule is Cc1cc(N)c2nnc(-c3cc([N+](=O)[O-])cc([N+](=O)[O-])c3)n2c1. The van der Waals surface area contributed by atoms with Gasteiger partial charge in [-0.3, -0.25) is 24.6 Å². The maximum atomic E-state index is 11.0. The number of nitrogen functional groups attached to an aromatic ring is 1. The molecule has 1 aromatic carbocycles. The topological polar surface area (TPSA) is 142 Å². The van der Waals surface area contributed by atoms with Gasteiger partial charge in [-0.2, -0.15) is 0 Å². The molecule has 0 aliphatic carbocycles. The largest absolute Gasteiger partial charge is 0.396 e. The molecule has 2 aromatic heterocycles. The van der Waals surface area contributed by atoms with Gasteiger partial charge in [0.15, 0.2) is 11.5 Å². The number of benzene rings is 1. The summed E-state index contributed by atoms with van der Waals surface area (Å²) < 4.78 is 1.55. The van der Waals surface area contributed by atoms with Gasteiger partial charge in [-0.1, -0.05) is 0 Å². The van der Waals surface area contributed by atoms with Crippen molar-refractivity contribution in [1.29, 1.82) is 0 Å². The first-order valence-electron chi connectivity index (χ1n) is 6.42. The number of rotatable bonds is 3. The van der Waals surface area contributed by atoms with Crippen LogP contribution < -0.4 is 5.73 Å². The zero-order valence-corrected chi connectivity index (χ0v) is 11.8. The number of aromatic nitrogens is 3. The minimum absolute atomic E-state index is 0.211. The molecule has 0 atom stereocenters. The molecular formula is C13H10N6O4. The minimum atomic E-state index is -0.695. The number of anilines is 1. The summed E-state index contributed by atoms with van der Waals surface area (Å²) in [6, 6.07) is 5.03. The van der Waals surface area contributed by atoms with Crippen LogP contribution in [0, 0.1) is 27.2 Å². The highest BCUT2D eigenvalue weighted by atomic mass is 16.6. The third-order valence-corrected chi connectivity index (χ3v) is 3.25. The normalized spacial score (nSPS) is 10.8. The second-order valence-electron chi connectivity index (χ2n) is 4.94. The lowest BCUT2D eigenvalue weighted by Crippen LogP contribution is -1.98. The number of nitrogens with two attached hydrogens (primary N) is 1. The number of aryl methyl sites for hydroxylation is 1. The third-order valence-electron chi connectivity index (χ3n) is 3.25. The number of hydrogen-bond donors (Lipinski definition) is 1. The summed E-state index contributed by atoms with van der Waals surface area (Å²) in [6.07, 6.45) is 1.70. The Labute approximate surface area is 128 Å². The first kappa shape index (κ1) is 14.4. The van der Waals surface area contributed by atoms with Gasteiger partial charge >= 0.3 is 0 Å². The maximum absolute atomic E-state index is 11.0. The molecule has 0 aliphatic rings. The summed E-state index contributed by atoms with van der Waals surface area (Å²) in [4.78, 5) is 20.6. The van der Waals surface area contributed by atoms with Crippen molar-refractivity contribution in [2.75, 3.05) is 5.73 Å². The molecule has 2 N–H and O–H groups in total. The lowest BCUT2D eigenvalue weighted by molar-refractivity contribution is -0.394. The molecule has 0 saturated carbocycles. The Bertz CT molecular complexity index is 932. The van der Waals surface area contributed by atoms with Crippen LogP contribution in [-0.4, -0.2) is 24.4 Å². The monoisotopic (exact) mass is 314 g/mol. The van der Waals surface area contributed by atoms with E-state index in [1.54, 1.807) is 16.7 Å². The van der Waals surface area contributed by atoms with Crippen LogP contribution in [0.1, 0.15) is 5.56 Å². The van der Waals surface area contributed by atoms with E-state index in [0.717, 1.165) is 11.6 Å². The Hall–Kier alpha value is -3.56. The van der Waals surface area contributed by atoms with Crippen molar-refractivity contribution in [3.8, 4) is 11.4 Å². The van der Waals surface area contributed by atoms with Crippen LogP contribution in [-0.2, 0) is 0 Å². The molecule has 0 aliphatic heterocycles. The van der Waals surface area contributed by atoms with Gasteiger partial charge in [0.05, 0.1) is 21.6 Å². The lowest BCUT2D eigenvalue weighted by Gasteiger charge is -2.04. The lowest BCUT2D eigenvalue weighted by atomic mass is 10.1. The molecule has 3 aromatic rings. The molecular weight excluding hydrogens is 304 g/mol. The van der Waals surface area contributed by atoms with E-state index in [1.165, 1.54) is 12.1 Å². The van der Waals surface area contributed by atoms with Gasteiger partial charge in [0, 0.05) is 23.9 Å². The molecule has 3 rings (SSSR count). The molecule has 0 unspecified atom stereocenters. The minimum Gasteiger partial charge on any atom is -0.396 e. The van der Waals surface area contributed by atoms with Gasteiger partial charge in [0.25, 0.3) is 11.4 Å². The van der Waals surface area contributed by atoms with Crippen LogP contribution >= 0.6 is 0 Å². The summed E-state index contributed by atoms with van der Waals surface area (Å²) in [6.45, 7) is 1.81. The van der Waals surface area contributed by atoms with Gasteiger partial charge in [-0.05, 0) is 18.6 Å². The number of pyridine rings is 1. The average molecular weight is 314 g/mol. The Balaban J connectivity index is 2.30. The third kappa shape index (κ3) is 2.41. The quantitative estimate of drug-likeness (QED) is 0.576. The van der Waals surface area contributed by atoms with E-state index in [9.17, 15) is 20.2 Å². The molecule has 0 amide bonds. The number of nitro groups is 2. The Morgan fingerprint density at radius 1 is 1.04 bits per heavy atom. The molecule has 0 saturated heterocycles. The smallest absolute Gasteiger partial charge is 0.277 e. The van der Waals surface area contributed by atoms with Crippen molar-refractivity contribution in [3.05, 3.63) is 56.3 Å². The molecule has 10 nitrogen and oxygen atoms in total. The fourth-order valence-electron chi connectivity index (χ4n) is 2.29. The summed E-state index contributed by atoms with van der Waals surface area (Å²) in [7, 11) is 0. The number of fused-ring (bicyclic) bond motifs is 1. The molecule has 2 heterocycles. The first-order chi connectivity index (χ1) is 10.9. The average Bonchev–Trinajstić information content (AvgIpc) is 2.90. The van der Waals surface area contributed by atoms with Crippen LogP contribution in [0.5, 0.6) is 0 Å². The van der Waals surface area contributed by atoms with E-state index in [2.05, 4.69) is 10.2 Å². The summed E-state index contributed by atoms with van der Waals surface area (Å²) >= 11 is 0. The van der Waals surface area contributed by atoms with Gasteiger partial charge < -0.3 is 5.73 Å². The summed E-state index contributed by atoms with van der Waals surface area (Å²) in [5.74, 6) is 0.238. The molecule has 10 heteroatoms. The van der Waals surface area contributed by atoms with Gasteiger partial charge in [-0.25, -0.2) is 0 Å². The highest BCUT2D eigenvalue weighted by Gasteiger charge is 2.20. The van der Waals surface area contributed by atoms with E-state index in [-0.39, 0.29) is 11.4 Å². The number of non-ortho nitro benzene ring substituents is 2. The van der Waals surface area contributed by atoms with Crippen LogP contribution in [0.25, 0.3) is 17.0 Å². The highest BCUT2D eigenvalue weighted by molar-refractivity contribution is 5.72. The van der Waals surface area contributed by atoms with E-state index in [4.69, 9.17) is 5.73 Å². The van der Waals surface area contributed by atoms with Crippen molar-refractivity contribution >= 4 is 22.7 Å². The molecule has 0 bridgehead atoms. The van der Waals surface area contributed by atoms with Crippen LogP contribution in [0.2, 0.25) is 0 Å². The van der Waals surface area contributed by atoms with Gasteiger partial charge in [0.1, 0.15) is 0 Å². The van der Waals surface area contributed by atoms with Crippen molar-refractivity contribution in [1.82, 2.24) is 14.6 Å². The van der Waals surface area contributed by atoms with E-state index in [0.29, 0.717) is 11.3 Å². The zero-order valence-electron chi connectivity index (χ0n) is 11.8. The Morgan fingerprint density at radius 2 is 1.65 bits per heavy atom.